The number of carbonyl (C=O) groups excluding carboxylic acids is 1. The first kappa shape index (κ1) is 14.4. The van der Waals surface area contributed by atoms with Gasteiger partial charge in [0, 0.05) is 5.56 Å². The van der Waals surface area contributed by atoms with E-state index < -0.39 is 7.92 Å². The van der Waals surface area contributed by atoms with E-state index in [0.29, 0.717) is 5.52 Å². The second kappa shape index (κ2) is 6.31. The third-order valence-electron chi connectivity index (χ3n) is 3.08. The van der Waals surface area contributed by atoms with Crippen LogP contribution in [-0.4, -0.2) is 18.4 Å². The Hall–Kier alpha value is -0.680. The van der Waals surface area contributed by atoms with Crippen LogP contribution in [-0.2, 0) is 0 Å². The molecule has 0 aromatic heterocycles. The molecule has 0 amide bonds. The van der Waals surface area contributed by atoms with Gasteiger partial charge in [-0.05, 0) is 59.1 Å². The lowest BCUT2D eigenvalue weighted by molar-refractivity contribution is 0.108. The summed E-state index contributed by atoms with van der Waals surface area (Å²) in [6.45, 7) is 10.5. The second-order valence-corrected chi connectivity index (χ2v) is 7.10. The van der Waals surface area contributed by atoms with Gasteiger partial charge in [0.2, 0.25) is 0 Å². The van der Waals surface area contributed by atoms with E-state index in [9.17, 15) is 4.79 Å². The van der Waals surface area contributed by atoms with Crippen LogP contribution in [0.15, 0.2) is 12.1 Å². The summed E-state index contributed by atoms with van der Waals surface area (Å²) in [5, 5.41) is 0. The Morgan fingerprint density at radius 1 is 1.18 bits per heavy atom. The summed E-state index contributed by atoms with van der Waals surface area (Å²) < 4.78 is 0. The highest BCUT2D eigenvalue weighted by Gasteiger charge is 2.18. The van der Waals surface area contributed by atoms with Crippen LogP contribution in [0.2, 0.25) is 0 Å². The van der Waals surface area contributed by atoms with Crippen molar-refractivity contribution >= 4 is 13.4 Å². The van der Waals surface area contributed by atoms with Crippen molar-refractivity contribution in [1.29, 1.82) is 0 Å². The fourth-order valence-corrected chi connectivity index (χ4v) is 3.93. The fourth-order valence-electron chi connectivity index (χ4n) is 2.21. The van der Waals surface area contributed by atoms with E-state index in [1.54, 1.807) is 0 Å². The minimum absolute atomic E-state index is 0.378. The molecule has 94 valence electrons. The zero-order valence-corrected chi connectivity index (χ0v) is 12.5. The normalized spacial score (nSPS) is 12.5. The SMILES string of the molecule is CCCCP(C)C(=O)c1c(C)cc(C)cc1C. The van der Waals surface area contributed by atoms with Gasteiger partial charge < -0.3 is 0 Å². The maximum atomic E-state index is 12.4. The highest BCUT2D eigenvalue weighted by Crippen LogP contribution is 2.38. The molecular weight excluding hydrogens is 227 g/mol. The molecule has 0 aliphatic carbocycles. The topological polar surface area (TPSA) is 17.1 Å². The molecule has 0 heterocycles. The summed E-state index contributed by atoms with van der Waals surface area (Å²) in [5.74, 6) is 0. The summed E-state index contributed by atoms with van der Waals surface area (Å²) in [5.41, 5.74) is 4.87. The molecule has 0 spiro atoms. The molecule has 2 heteroatoms. The molecule has 0 radical (unpaired) electrons. The number of rotatable bonds is 5. The number of aryl methyl sites for hydroxylation is 3. The molecule has 0 saturated heterocycles. The van der Waals surface area contributed by atoms with Crippen molar-refractivity contribution in [3.8, 4) is 0 Å². The minimum Gasteiger partial charge on any atom is -0.289 e. The smallest absolute Gasteiger partial charge is 0.184 e. The third-order valence-corrected chi connectivity index (χ3v) is 4.99. The van der Waals surface area contributed by atoms with E-state index in [0.717, 1.165) is 29.3 Å². The third kappa shape index (κ3) is 3.64. The summed E-state index contributed by atoms with van der Waals surface area (Å²) in [6, 6.07) is 4.23. The predicted molar refractivity (Wildman–Crippen MR) is 77.6 cm³/mol. The molecule has 0 aliphatic heterocycles. The van der Waals surface area contributed by atoms with Gasteiger partial charge >= 0.3 is 0 Å². The Labute approximate surface area is 106 Å². The van der Waals surface area contributed by atoms with Crippen molar-refractivity contribution in [3.63, 3.8) is 0 Å². The molecule has 1 aromatic rings. The Balaban J connectivity index is 2.96. The van der Waals surface area contributed by atoms with Gasteiger partial charge in [-0.3, -0.25) is 4.79 Å². The summed E-state index contributed by atoms with van der Waals surface area (Å²) in [7, 11) is -0.505. The lowest BCUT2D eigenvalue weighted by Gasteiger charge is -2.15. The first-order chi connectivity index (χ1) is 7.97. The number of hydrogen-bond donors (Lipinski definition) is 0. The first-order valence-electron chi connectivity index (χ1n) is 6.30. The van der Waals surface area contributed by atoms with Crippen LogP contribution < -0.4 is 0 Å². The van der Waals surface area contributed by atoms with Gasteiger partial charge in [-0.2, -0.15) is 0 Å². The Morgan fingerprint density at radius 3 is 2.18 bits per heavy atom. The van der Waals surface area contributed by atoms with Crippen LogP contribution in [0.25, 0.3) is 0 Å². The maximum Gasteiger partial charge on any atom is 0.184 e. The lowest BCUT2D eigenvalue weighted by atomic mass is 10.0. The van der Waals surface area contributed by atoms with Gasteiger partial charge in [-0.15, -0.1) is 0 Å². The fraction of sp³-hybridized carbons (Fsp3) is 0.533. The van der Waals surface area contributed by atoms with E-state index in [4.69, 9.17) is 0 Å². The quantitative estimate of drug-likeness (QED) is 0.694. The van der Waals surface area contributed by atoms with Crippen LogP contribution in [0.1, 0.15) is 46.8 Å². The molecule has 0 N–H and O–H groups in total. The maximum absolute atomic E-state index is 12.4. The average Bonchev–Trinajstić information content (AvgIpc) is 2.24. The molecule has 1 rings (SSSR count). The summed E-state index contributed by atoms with van der Waals surface area (Å²) >= 11 is 0. The van der Waals surface area contributed by atoms with Crippen LogP contribution >= 0.6 is 7.92 Å². The number of hydrogen-bond acceptors (Lipinski definition) is 1. The Morgan fingerprint density at radius 2 is 1.71 bits per heavy atom. The zero-order chi connectivity index (χ0) is 13.0. The van der Waals surface area contributed by atoms with E-state index in [1.165, 1.54) is 12.0 Å². The van der Waals surface area contributed by atoms with Crippen LogP contribution in [0.3, 0.4) is 0 Å². The zero-order valence-electron chi connectivity index (χ0n) is 11.6. The second-order valence-electron chi connectivity index (χ2n) is 4.85. The molecule has 0 fully saturated rings. The molecule has 1 nitrogen and oxygen atoms in total. The highest BCUT2D eigenvalue weighted by atomic mass is 31.1. The molecule has 1 atom stereocenters. The largest absolute Gasteiger partial charge is 0.289 e. The molecule has 0 saturated carbocycles. The average molecular weight is 250 g/mol. The van der Waals surface area contributed by atoms with Gasteiger partial charge in [-0.1, -0.05) is 31.0 Å². The molecule has 1 aromatic carbocycles. The monoisotopic (exact) mass is 250 g/mol. The molecule has 1 unspecified atom stereocenters. The number of unbranched alkanes of at least 4 members (excludes halogenated alkanes) is 1. The van der Waals surface area contributed by atoms with E-state index in [1.807, 2.05) is 0 Å². The predicted octanol–water partition coefficient (Wildman–Crippen LogP) is 4.66. The van der Waals surface area contributed by atoms with Crippen molar-refractivity contribution in [2.24, 2.45) is 0 Å². The minimum atomic E-state index is -0.505. The van der Waals surface area contributed by atoms with Crippen LogP contribution in [0, 0.1) is 20.8 Å². The van der Waals surface area contributed by atoms with Gasteiger partial charge in [0.15, 0.2) is 5.52 Å². The van der Waals surface area contributed by atoms with Crippen molar-refractivity contribution < 1.29 is 4.79 Å². The molecule has 17 heavy (non-hydrogen) atoms. The summed E-state index contributed by atoms with van der Waals surface area (Å²) in [6.07, 6.45) is 3.40. The van der Waals surface area contributed by atoms with Gasteiger partial charge in [-0.25, -0.2) is 0 Å². The Bertz CT molecular complexity index is 386. The van der Waals surface area contributed by atoms with Crippen molar-refractivity contribution in [2.75, 3.05) is 12.8 Å². The summed E-state index contributed by atoms with van der Waals surface area (Å²) in [4.78, 5) is 12.4. The number of carbonyl (C=O) groups is 1. The van der Waals surface area contributed by atoms with Gasteiger partial charge in [0.25, 0.3) is 0 Å². The van der Waals surface area contributed by atoms with Crippen LogP contribution in [0.4, 0.5) is 0 Å². The van der Waals surface area contributed by atoms with E-state index in [2.05, 4.69) is 46.5 Å². The van der Waals surface area contributed by atoms with Crippen molar-refractivity contribution in [2.45, 2.75) is 40.5 Å². The van der Waals surface area contributed by atoms with E-state index in [-0.39, 0.29) is 0 Å². The van der Waals surface area contributed by atoms with Gasteiger partial charge in [0.05, 0.1) is 0 Å². The first-order valence-corrected chi connectivity index (χ1v) is 8.28. The van der Waals surface area contributed by atoms with E-state index >= 15 is 0 Å². The lowest BCUT2D eigenvalue weighted by Crippen LogP contribution is -2.05. The Kier molecular flexibility index (Phi) is 5.33. The molecule has 0 bridgehead atoms. The molecule has 0 aliphatic rings. The molecular formula is C15H23OP. The standard InChI is InChI=1S/C15H23OP/c1-6-7-8-17(5)15(16)14-12(3)9-11(2)10-13(14)4/h9-10H,6-8H2,1-5H3. The number of benzene rings is 1. The van der Waals surface area contributed by atoms with Crippen LogP contribution in [0.5, 0.6) is 0 Å². The highest BCUT2D eigenvalue weighted by molar-refractivity contribution is 7.74. The van der Waals surface area contributed by atoms with Gasteiger partial charge in [0.1, 0.15) is 0 Å². The van der Waals surface area contributed by atoms with Crippen molar-refractivity contribution in [3.05, 3.63) is 34.4 Å². The van der Waals surface area contributed by atoms with Crippen molar-refractivity contribution in [1.82, 2.24) is 0 Å².